The average Bonchev–Trinajstić information content (AvgIpc) is 2.42. The summed E-state index contributed by atoms with van der Waals surface area (Å²) in [6.07, 6.45) is 0. The highest BCUT2D eigenvalue weighted by molar-refractivity contribution is 5.62. The maximum Gasteiger partial charge on any atom is 0.293 e. The van der Waals surface area contributed by atoms with Crippen molar-refractivity contribution in [3.05, 3.63) is 68.1 Å². The molecular formula is C13H14N4O3. The first-order valence-electron chi connectivity index (χ1n) is 5.93. The largest absolute Gasteiger partial charge is 0.318 e. The number of hydrazine groups is 1. The fourth-order valence-corrected chi connectivity index (χ4v) is 1.97. The van der Waals surface area contributed by atoms with Gasteiger partial charge in [0.05, 0.1) is 11.5 Å². The van der Waals surface area contributed by atoms with E-state index in [-0.39, 0.29) is 16.9 Å². The van der Waals surface area contributed by atoms with Gasteiger partial charge in [0.1, 0.15) is 5.69 Å². The van der Waals surface area contributed by atoms with Crippen LogP contribution in [0.2, 0.25) is 0 Å². The maximum absolute atomic E-state index is 11.8. The molecule has 0 spiro atoms. The van der Waals surface area contributed by atoms with E-state index >= 15 is 0 Å². The van der Waals surface area contributed by atoms with Crippen LogP contribution in [-0.2, 0) is 6.54 Å². The van der Waals surface area contributed by atoms with E-state index in [9.17, 15) is 14.9 Å². The number of anilines is 1. The lowest BCUT2D eigenvalue weighted by molar-refractivity contribution is -0.384. The summed E-state index contributed by atoms with van der Waals surface area (Å²) >= 11 is 0. The van der Waals surface area contributed by atoms with Crippen LogP contribution in [-0.4, -0.2) is 9.49 Å². The van der Waals surface area contributed by atoms with Crippen molar-refractivity contribution in [3.63, 3.8) is 0 Å². The van der Waals surface area contributed by atoms with Crippen molar-refractivity contribution >= 4 is 11.4 Å². The third-order valence-electron chi connectivity index (χ3n) is 3.02. The van der Waals surface area contributed by atoms with E-state index < -0.39 is 4.92 Å². The molecule has 0 aliphatic rings. The topological polar surface area (TPSA) is 103 Å². The first-order valence-corrected chi connectivity index (χ1v) is 5.93. The molecule has 0 saturated carbocycles. The quantitative estimate of drug-likeness (QED) is 0.498. The van der Waals surface area contributed by atoms with Crippen molar-refractivity contribution in [1.29, 1.82) is 0 Å². The Balaban J connectivity index is 2.40. The monoisotopic (exact) mass is 274 g/mol. The minimum Gasteiger partial charge on any atom is -0.318 e. The number of pyridine rings is 1. The van der Waals surface area contributed by atoms with Crippen LogP contribution in [0.1, 0.15) is 11.3 Å². The molecule has 0 bridgehead atoms. The molecule has 0 amide bonds. The number of nitrogens with two attached hydrogens (primary N) is 1. The molecule has 20 heavy (non-hydrogen) atoms. The zero-order chi connectivity index (χ0) is 14.7. The van der Waals surface area contributed by atoms with E-state index in [2.05, 4.69) is 5.43 Å². The second-order valence-corrected chi connectivity index (χ2v) is 4.34. The molecule has 1 heterocycles. The number of nitro groups is 1. The van der Waals surface area contributed by atoms with Crippen molar-refractivity contribution < 1.29 is 4.92 Å². The van der Waals surface area contributed by atoms with Gasteiger partial charge in [-0.25, -0.2) is 0 Å². The molecule has 0 fully saturated rings. The molecule has 7 heteroatoms. The normalized spacial score (nSPS) is 10.3. The van der Waals surface area contributed by atoms with Crippen LogP contribution in [0, 0.1) is 17.0 Å². The molecule has 7 nitrogen and oxygen atoms in total. The van der Waals surface area contributed by atoms with Crippen LogP contribution >= 0.6 is 0 Å². The Kier molecular flexibility index (Phi) is 3.81. The maximum atomic E-state index is 11.8. The molecule has 3 N–H and O–H groups in total. The third-order valence-corrected chi connectivity index (χ3v) is 3.02. The number of nitrogens with one attached hydrogen (secondary N) is 1. The standard InChI is InChI=1S/C13H14N4O3/c1-9-3-2-4-13(18)16(9)8-10-5-6-12(17(19)20)11(7-10)15-14/h2-7,15H,8,14H2,1H3. The second kappa shape index (κ2) is 5.54. The van der Waals surface area contributed by atoms with Crippen LogP contribution in [0.3, 0.4) is 0 Å². The van der Waals surface area contributed by atoms with Crippen molar-refractivity contribution in [3.8, 4) is 0 Å². The number of nitro benzene ring substituents is 1. The number of hydrogen-bond acceptors (Lipinski definition) is 5. The van der Waals surface area contributed by atoms with Gasteiger partial charge in [0.25, 0.3) is 11.2 Å². The Morgan fingerprint density at radius 3 is 2.70 bits per heavy atom. The van der Waals surface area contributed by atoms with E-state index in [0.29, 0.717) is 6.54 Å². The summed E-state index contributed by atoms with van der Waals surface area (Å²) in [7, 11) is 0. The third kappa shape index (κ3) is 2.67. The van der Waals surface area contributed by atoms with Crippen molar-refractivity contribution in [1.82, 2.24) is 4.57 Å². The van der Waals surface area contributed by atoms with Gasteiger partial charge in [-0.05, 0) is 24.6 Å². The Labute approximate surface area is 114 Å². The number of hydrogen-bond donors (Lipinski definition) is 2. The number of rotatable bonds is 4. The number of nitrogen functional groups attached to an aromatic ring is 1. The summed E-state index contributed by atoms with van der Waals surface area (Å²) in [4.78, 5) is 22.1. The zero-order valence-corrected chi connectivity index (χ0v) is 10.9. The lowest BCUT2D eigenvalue weighted by Gasteiger charge is -2.10. The molecule has 2 rings (SSSR count). The van der Waals surface area contributed by atoms with Crippen molar-refractivity contribution in [2.24, 2.45) is 5.84 Å². The number of benzene rings is 1. The molecule has 1 aromatic heterocycles. The molecule has 2 aromatic rings. The lowest BCUT2D eigenvalue weighted by atomic mass is 10.1. The fraction of sp³-hybridized carbons (Fsp3) is 0.154. The lowest BCUT2D eigenvalue weighted by Crippen LogP contribution is -2.21. The van der Waals surface area contributed by atoms with Crippen LogP contribution in [0.5, 0.6) is 0 Å². The molecule has 0 aliphatic carbocycles. The van der Waals surface area contributed by atoms with E-state index in [4.69, 9.17) is 5.84 Å². The molecule has 0 radical (unpaired) electrons. The molecule has 0 atom stereocenters. The number of aryl methyl sites for hydroxylation is 1. The second-order valence-electron chi connectivity index (χ2n) is 4.34. The summed E-state index contributed by atoms with van der Waals surface area (Å²) in [5, 5.41) is 10.8. The van der Waals surface area contributed by atoms with Gasteiger partial charge in [0, 0.05) is 17.8 Å². The van der Waals surface area contributed by atoms with Crippen LogP contribution < -0.4 is 16.8 Å². The predicted molar refractivity (Wildman–Crippen MR) is 75.4 cm³/mol. The fourth-order valence-electron chi connectivity index (χ4n) is 1.97. The predicted octanol–water partition coefficient (Wildman–Crippen LogP) is 1.40. The highest BCUT2D eigenvalue weighted by Crippen LogP contribution is 2.24. The highest BCUT2D eigenvalue weighted by atomic mass is 16.6. The van der Waals surface area contributed by atoms with Crippen molar-refractivity contribution in [2.45, 2.75) is 13.5 Å². The van der Waals surface area contributed by atoms with Gasteiger partial charge in [0.2, 0.25) is 0 Å². The van der Waals surface area contributed by atoms with Crippen LogP contribution in [0.4, 0.5) is 11.4 Å². The summed E-state index contributed by atoms with van der Waals surface area (Å²) in [6.45, 7) is 2.16. The number of aromatic nitrogens is 1. The smallest absolute Gasteiger partial charge is 0.293 e. The molecule has 0 saturated heterocycles. The summed E-state index contributed by atoms with van der Waals surface area (Å²) in [6, 6.07) is 9.54. The zero-order valence-electron chi connectivity index (χ0n) is 10.9. The van der Waals surface area contributed by atoms with Gasteiger partial charge < -0.3 is 9.99 Å². The molecule has 104 valence electrons. The number of nitrogens with zero attached hydrogens (tertiary/aromatic N) is 2. The van der Waals surface area contributed by atoms with Gasteiger partial charge >= 0.3 is 0 Å². The van der Waals surface area contributed by atoms with Gasteiger partial charge in [-0.1, -0.05) is 12.1 Å². The van der Waals surface area contributed by atoms with Gasteiger partial charge in [-0.2, -0.15) is 0 Å². The van der Waals surface area contributed by atoms with Crippen LogP contribution in [0.25, 0.3) is 0 Å². The SMILES string of the molecule is Cc1cccc(=O)n1Cc1ccc([N+](=O)[O-])c(NN)c1. The first-order chi connectivity index (χ1) is 9.52. The van der Waals surface area contributed by atoms with E-state index in [1.807, 2.05) is 13.0 Å². The van der Waals surface area contributed by atoms with Crippen LogP contribution in [0.15, 0.2) is 41.2 Å². The van der Waals surface area contributed by atoms with E-state index in [0.717, 1.165) is 11.3 Å². The Morgan fingerprint density at radius 1 is 1.35 bits per heavy atom. The molecule has 0 unspecified atom stereocenters. The molecule has 0 aliphatic heterocycles. The Bertz CT molecular complexity index is 709. The average molecular weight is 274 g/mol. The molecule has 1 aromatic carbocycles. The summed E-state index contributed by atoms with van der Waals surface area (Å²) < 4.78 is 1.58. The van der Waals surface area contributed by atoms with E-state index in [1.165, 1.54) is 12.1 Å². The Morgan fingerprint density at radius 2 is 2.10 bits per heavy atom. The van der Waals surface area contributed by atoms with Gasteiger partial charge in [-0.3, -0.25) is 20.8 Å². The van der Waals surface area contributed by atoms with E-state index in [1.54, 1.807) is 22.8 Å². The minimum atomic E-state index is -0.515. The van der Waals surface area contributed by atoms with Gasteiger partial charge in [0.15, 0.2) is 0 Å². The van der Waals surface area contributed by atoms with Gasteiger partial charge in [-0.15, -0.1) is 0 Å². The van der Waals surface area contributed by atoms with Crippen molar-refractivity contribution in [2.75, 3.05) is 5.43 Å². The summed E-state index contributed by atoms with van der Waals surface area (Å²) in [5.41, 5.74) is 3.86. The minimum absolute atomic E-state index is 0.103. The summed E-state index contributed by atoms with van der Waals surface area (Å²) in [5.74, 6) is 5.29. The highest BCUT2D eigenvalue weighted by Gasteiger charge is 2.13. The molecular weight excluding hydrogens is 260 g/mol. The Hall–Kier alpha value is -2.67. The first kappa shape index (κ1) is 13.8.